The van der Waals surface area contributed by atoms with Gasteiger partial charge in [-0.05, 0) is 30.7 Å². The van der Waals surface area contributed by atoms with Crippen LogP contribution in [0.15, 0.2) is 36.8 Å². The van der Waals surface area contributed by atoms with E-state index in [-0.39, 0.29) is 11.9 Å². The average Bonchev–Trinajstić information content (AvgIpc) is 3.16. The molecule has 4 rings (SSSR count). The summed E-state index contributed by atoms with van der Waals surface area (Å²) in [5, 5.41) is 8.28. The number of ether oxygens (including phenoxy) is 1. The van der Waals surface area contributed by atoms with E-state index in [1.165, 1.54) is 0 Å². The van der Waals surface area contributed by atoms with E-state index in [0.717, 1.165) is 60.9 Å². The maximum absolute atomic E-state index is 12.9. The lowest BCUT2D eigenvalue weighted by Gasteiger charge is -2.38. The Morgan fingerprint density at radius 1 is 1.17 bits per heavy atom. The summed E-state index contributed by atoms with van der Waals surface area (Å²) in [7, 11) is 3.51. The summed E-state index contributed by atoms with van der Waals surface area (Å²) in [6.07, 6.45) is 4.15. The number of piperazine rings is 1. The van der Waals surface area contributed by atoms with Crippen molar-refractivity contribution >= 4 is 28.4 Å². The lowest BCUT2D eigenvalue weighted by Crippen LogP contribution is -2.53. The Morgan fingerprint density at radius 2 is 1.90 bits per heavy atom. The first-order valence-corrected chi connectivity index (χ1v) is 10.2. The number of nitrogens with zero attached hydrogens (tertiary/aromatic N) is 6. The molecule has 1 amide bonds. The zero-order valence-corrected chi connectivity index (χ0v) is 17.6. The Hall–Kier alpha value is -3.20. The van der Waals surface area contributed by atoms with Gasteiger partial charge in [0.2, 0.25) is 5.91 Å². The highest BCUT2D eigenvalue weighted by atomic mass is 16.5. The minimum Gasteiger partial charge on any atom is -0.497 e. The monoisotopic (exact) mass is 409 g/mol. The maximum atomic E-state index is 12.9. The number of rotatable bonds is 6. The summed E-state index contributed by atoms with van der Waals surface area (Å²) in [4.78, 5) is 26.2. The fourth-order valence-electron chi connectivity index (χ4n) is 3.96. The number of anilines is 2. The Labute approximate surface area is 175 Å². The van der Waals surface area contributed by atoms with Crippen molar-refractivity contribution in [2.75, 3.05) is 43.5 Å². The molecule has 1 aliphatic rings. The van der Waals surface area contributed by atoms with Gasteiger partial charge in [-0.15, -0.1) is 0 Å². The third-order valence-electron chi connectivity index (χ3n) is 5.61. The molecular formula is C21H27N7O2. The molecule has 30 heavy (non-hydrogen) atoms. The van der Waals surface area contributed by atoms with Gasteiger partial charge >= 0.3 is 0 Å². The van der Waals surface area contributed by atoms with Crippen LogP contribution in [0.4, 0.5) is 11.5 Å². The van der Waals surface area contributed by atoms with E-state index in [0.29, 0.717) is 0 Å². The van der Waals surface area contributed by atoms with Gasteiger partial charge in [-0.1, -0.05) is 6.92 Å². The molecule has 1 fully saturated rings. The third-order valence-corrected chi connectivity index (χ3v) is 5.61. The molecule has 3 aromatic rings. The second-order valence-corrected chi connectivity index (χ2v) is 7.37. The second kappa shape index (κ2) is 8.66. The third kappa shape index (κ3) is 3.93. The van der Waals surface area contributed by atoms with Crippen LogP contribution in [0, 0.1) is 0 Å². The minimum absolute atomic E-state index is 0.0211. The summed E-state index contributed by atoms with van der Waals surface area (Å²) >= 11 is 0. The number of hydrogen-bond donors (Lipinski definition) is 1. The summed E-state index contributed by atoms with van der Waals surface area (Å²) in [6, 6.07) is 7.23. The van der Waals surface area contributed by atoms with Crippen molar-refractivity contribution in [3.8, 4) is 5.75 Å². The first-order valence-electron chi connectivity index (χ1n) is 10.2. The van der Waals surface area contributed by atoms with Gasteiger partial charge in [0.25, 0.3) is 0 Å². The van der Waals surface area contributed by atoms with Crippen molar-refractivity contribution < 1.29 is 9.53 Å². The number of benzene rings is 1. The number of carbonyl (C=O) groups is 1. The standard InChI is InChI=1S/C21H27N7O2/c1-4-18(21(29)25-15-5-7-16(30-3)8-6-15)27-9-11-28(12-10-27)20-17-13-24-26(2)19(17)22-14-23-20/h5-8,13-14,18H,4,9-12H2,1-3H3,(H,25,29)/t18-/m0/s1. The van der Waals surface area contributed by atoms with Gasteiger partial charge in [-0.3, -0.25) is 14.4 Å². The molecule has 0 radical (unpaired) electrons. The Morgan fingerprint density at radius 3 is 2.57 bits per heavy atom. The smallest absolute Gasteiger partial charge is 0.241 e. The first-order chi connectivity index (χ1) is 14.6. The van der Waals surface area contributed by atoms with Crippen molar-refractivity contribution in [3.05, 3.63) is 36.8 Å². The maximum Gasteiger partial charge on any atom is 0.241 e. The molecule has 0 saturated carbocycles. The van der Waals surface area contributed by atoms with Crippen LogP contribution in [0.1, 0.15) is 13.3 Å². The molecule has 2 aromatic heterocycles. The van der Waals surface area contributed by atoms with Gasteiger partial charge in [0.1, 0.15) is 17.9 Å². The number of hydrogen-bond acceptors (Lipinski definition) is 7. The number of amides is 1. The Bertz CT molecular complexity index is 1010. The predicted octanol–water partition coefficient (Wildman–Crippen LogP) is 1.91. The van der Waals surface area contributed by atoms with Gasteiger partial charge in [0.15, 0.2) is 5.65 Å². The van der Waals surface area contributed by atoms with Gasteiger partial charge in [0, 0.05) is 38.9 Å². The van der Waals surface area contributed by atoms with E-state index in [9.17, 15) is 4.79 Å². The quantitative estimate of drug-likeness (QED) is 0.665. The lowest BCUT2D eigenvalue weighted by atomic mass is 10.1. The highest BCUT2D eigenvalue weighted by Crippen LogP contribution is 2.24. The summed E-state index contributed by atoms with van der Waals surface area (Å²) in [6.45, 7) is 5.23. The van der Waals surface area contributed by atoms with E-state index in [4.69, 9.17) is 4.74 Å². The molecule has 3 heterocycles. The predicted molar refractivity (Wildman–Crippen MR) is 116 cm³/mol. The van der Waals surface area contributed by atoms with Crippen molar-refractivity contribution in [1.29, 1.82) is 0 Å². The molecule has 9 nitrogen and oxygen atoms in total. The fraction of sp³-hybridized carbons (Fsp3) is 0.429. The Kier molecular flexibility index (Phi) is 5.80. The van der Waals surface area contributed by atoms with Gasteiger partial charge in [-0.2, -0.15) is 5.10 Å². The molecule has 0 bridgehead atoms. The number of fused-ring (bicyclic) bond motifs is 1. The van der Waals surface area contributed by atoms with Crippen LogP contribution in [0.3, 0.4) is 0 Å². The number of carbonyl (C=O) groups excluding carboxylic acids is 1. The van der Waals surface area contributed by atoms with Crippen LogP contribution in [-0.4, -0.2) is 69.9 Å². The normalized spacial score (nSPS) is 15.9. The van der Waals surface area contributed by atoms with Crippen molar-refractivity contribution in [2.45, 2.75) is 19.4 Å². The van der Waals surface area contributed by atoms with Crippen LogP contribution >= 0.6 is 0 Å². The van der Waals surface area contributed by atoms with E-state index in [1.54, 1.807) is 18.1 Å². The molecular weight excluding hydrogens is 382 g/mol. The van der Waals surface area contributed by atoms with E-state index >= 15 is 0 Å². The van der Waals surface area contributed by atoms with Crippen molar-refractivity contribution in [3.63, 3.8) is 0 Å². The lowest BCUT2D eigenvalue weighted by molar-refractivity contribution is -0.121. The molecule has 1 atom stereocenters. The van der Waals surface area contributed by atoms with Gasteiger partial charge in [-0.25, -0.2) is 9.97 Å². The highest BCUT2D eigenvalue weighted by Gasteiger charge is 2.29. The average molecular weight is 409 g/mol. The topological polar surface area (TPSA) is 88.4 Å². The molecule has 1 aromatic carbocycles. The number of methoxy groups -OCH3 is 1. The van der Waals surface area contributed by atoms with E-state index in [2.05, 4.69) is 30.2 Å². The number of aromatic nitrogens is 4. The first kappa shape index (κ1) is 20.1. The molecule has 1 N–H and O–H groups in total. The van der Waals surface area contributed by atoms with Crippen LogP contribution in [-0.2, 0) is 11.8 Å². The highest BCUT2D eigenvalue weighted by molar-refractivity contribution is 5.95. The van der Waals surface area contributed by atoms with Gasteiger partial charge < -0.3 is 15.0 Å². The van der Waals surface area contributed by atoms with Crippen molar-refractivity contribution in [1.82, 2.24) is 24.6 Å². The zero-order chi connectivity index (χ0) is 21.1. The van der Waals surface area contributed by atoms with E-state index < -0.39 is 0 Å². The zero-order valence-electron chi connectivity index (χ0n) is 17.6. The summed E-state index contributed by atoms with van der Waals surface area (Å²) in [5.74, 6) is 1.69. The molecule has 1 saturated heterocycles. The molecule has 0 unspecified atom stereocenters. The van der Waals surface area contributed by atoms with Gasteiger partial charge in [0.05, 0.1) is 24.7 Å². The molecule has 0 aliphatic carbocycles. The van der Waals surface area contributed by atoms with Crippen LogP contribution in [0.5, 0.6) is 5.75 Å². The SMILES string of the molecule is CC[C@@H](C(=O)Nc1ccc(OC)cc1)N1CCN(c2ncnc3c2cnn3C)CC1. The Balaban J connectivity index is 1.40. The molecule has 1 aliphatic heterocycles. The second-order valence-electron chi connectivity index (χ2n) is 7.37. The van der Waals surface area contributed by atoms with Crippen LogP contribution < -0.4 is 15.0 Å². The number of aryl methyl sites for hydroxylation is 1. The summed E-state index contributed by atoms with van der Waals surface area (Å²) in [5.41, 5.74) is 1.60. The van der Waals surface area contributed by atoms with Crippen molar-refractivity contribution in [2.24, 2.45) is 7.05 Å². The van der Waals surface area contributed by atoms with Crippen LogP contribution in [0.25, 0.3) is 11.0 Å². The van der Waals surface area contributed by atoms with Crippen LogP contribution in [0.2, 0.25) is 0 Å². The summed E-state index contributed by atoms with van der Waals surface area (Å²) < 4.78 is 6.93. The fourth-order valence-corrected chi connectivity index (χ4v) is 3.96. The largest absolute Gasteiger partial charge is 0.497 e. The number of nitrogens with one attached hydrogen (secondary N) is 1. The molecule has 9 heteroatoms. The minimum atomic E-state index is -0.168. The molecule has 0 spiro atoms. The molecule has 158 valence electrons. The van der Waals surface area contributed by atoms with E-state index in [1.807, 2.05) is 44.4 Å².